The number of nitro groups is 1. The Morgan fingerprint density at radius 2 is 2.15 bits per heavy atom. The van der Waals surface area contributed by atoms with Crippen molar-refractivity contribution in [1.29, 1.82) is 0 Å². The lowest BCUT2D eigenvalue weighted by molar-refractivity contribution is -0.384. The van der Waals surface area contributed by atoms with Crippen molar-refractivity contribution < 1.29 is 14.1 Å². The molecule has 3 rings (SSSR count). The predicted octanol–water partition coefficient (Wildman–Crippen LogP) is 3.62. The molecule has 2 aromatic carbocycles. The summed E-state index contributed by atoms with van der Waals surface area (Å²) in [5.74, 6) is -0.812. The molecule has 1 unspecified atom stereocenters. The molecule has 142 valence electrons. The molecule has 1 heterocycles. The van der Waals surface area contributed by atoms with Crippen molar-refractivity contribution >= 4 is 11.6 Å². The Hall–Kier alpha value is -2.80. The van der Waals surface area contributed by atoms with Crippen LogP contribution in [-0.2, 0) is 0 Å². The maximum atomic E-state index is 13.5. The fourth-order valence-electron chi connectivity index (χ4n) is 3.58. The topological polar surface area (TPSA) is 75.5 Å². The highest BCUT2D eigenvalue weighted by molar-refractivity contribution is 5.96. The fraction of sp³-hybridized carbons (Fsp3) is 0.350. The van der Waals surface area contributed by atoms with Crippen LogP contribution < -0.4 is 5.32 Å². The molecule has 1 N–H and O–H groups in total. The molecular formula is C20H22FN3O3. The average molecular weight is 371 g/mol. The molecule has 0 aromatic heterocycles. The van der Waals surface area contributed by atoms with Crippen molar-refractivity contribution in [3.8, 4) is 11.1 Å². The quantitative estimate of drug-likeness (QED) is 0.622. The van der Waals surface area contributed by atoms with E-state index in [2.05, 4.69) is 17.1 Å². The number of nitro benzene ring substituents is 1. The Bertz CT molecular complexity index is 856. The molecule has 1 aliphatic rings. The average Bonchev–Trinajstić information content (AvgIpc) is 3.13. The van der Waals surface area contributed by atoms with Crippen LogP contribution in [0.1, 0.15) is 30.1 Å². The minimum absolute atomic E-state index is 0.218. The summed E-state index contributed by atoms with van der Waals surface area (Å²) in [6.07, 6.45) is 2.15. The number of likely N-dealkylation sites (N-methyl/N-ethyl adjacent to an activating group) is 1. The number of nitrogens with zero attached hydrogens (tertiary/aromatic N) is 2. The number of amides is 1. The van der Waals surface area contributed by atoms with Crippen molar-refractivity contribution in [2.75, 3.05) is 19.6 Å². The second-order valence-corrected chi connectivity index (χ2v) is 6.63. The van der Waals surface area contributed by atoms with Crippen LogP contribution in [0.4, 0.5) is 10.1 Å². The monoisotopic (exact) mass is 371 g/mol. The van der Waals surface area contributed by atoms with Gasteiger partial charge in [0, 0.05) is 24.2 Å². The number of carbonyl (C=O) groups is 1. The molecule has 1 atom stereocenters. The first-order valence-electron chi connectivity index (χ1n) is 9.06. The highest BCUT2D eigenvalue weighted by atomic mass is 19.1. The first kappa shape index (κ1) is 19.0. The van der Waals surface area contributed by atoms with Gasteiger partial charge in [-0.1, -0.05) is 19.1 Å². The van der Waals surface area contributed by atoms with E-state index in [9.17, 15) is 19.3 Å². The van der Waals surface area contributed by atoms with Crippen molar-refractivity contribution in [1.82, 2.24) is 10.2 Å². The molecule has 0 aliphatic carbocycles. The molecule has 0 bridgehead atoms. The van der Waals surface area contributed by atoms with Gasteiger partial charge >= 0.3 is 0 Å². The Morgan fingerprint density at radius 3 is 2.85 bits per heavy atom. The van der Waals surface area contributed by atoms with Crippen LogP contribution in [0.25, 0.3) is 11.1 Å². The van der Waals surface area contributed by atoms with Gasteiger partial charge in [-0.05, 0) is 55.8 Å². The molecular weight excluding hydrogens is 349 g/mol. The van der Waals surface area contributed by atoms with E-state index >= 15 is 0 Å². The third-order valence-electron chi connectivity index (χ3n) is 5.00. The zero-order valence-electron chi connectivity index (χ0n) is 15.2. The molecule has 1 amide bonds. The number of hydrogen-bond donors (Lipinski definition) is 1. The van der Waals surface area contributed by atoms with Gasteiger partial charge in [0.05, 0.1) is 10.5 Å². The highest BCUT2D eigenvalue weighted by Crippen LogP contribution is 2.31. The highest BCUT2D eigenvalue weighted by Gasteiger charge is 2.24. The Morgan fingerprint density at radius 1 is 1.33 bits per heavy atom. The smallest absolute Gasteiger partial charge is 0.277 e. The molecule has 0 spiro atoms. The lowest BCUT2D eigenvalue weighted by atomic mass is 10.0. The zero-order valence-corrected chi connectivity index (χ0v) is 15.2. The van der Waals surface area contributed by atoms with Gasteiger partial charge < -0.3 is 5.32 Å². The van der Waals surface area contributed by atoms with Crippen LogP contribution in [0.5, 0.6) is 0 Å². The van der Waals surface area contributed by atoms with Crippen LogP contribution in [0.15, 0.2) is 42.5 Å². The van der Waals surface area contributed by atoms with Crippen LogP contribution in [0.2, 0.25) is 0 Å². The summed E-state index contributed by atoms with van der Waals surface area (Å²) in [5.41, 5.74) is 0.689. The summed E-state index contributed by atoms with van der Waals surface area (Å²) in [6, 6.07) is 10.2. The molecule has 27 heavy (non-hydrogen) atoms. The van der Waals surface area contributed by atoms with Crippen molar-refractivity contribution in [3.05, 3.63) is 64.0 Å². The van der Waals surface area contributed by atoms with E-state index in [1.807, 2.05) is 0 Å². The van der Waals surface area contributed by atoms with E-state index in [0.717, 1.165) is 25.9 Å². The Labute approximate surface area is 157 Å². The van der Waals surface area contributed by atoms with Crippen LogP contribution >= 0.6 is 0 Å². The summed E-state index contributed by atoms with van der Waals surface area (Å²) < 4.78 is 13.5. The number of nitrogens with one attached hydrogen (secondary N) is 1. The van der Waals surface area contributed by atoms with E-state index in [1.54, 1.807) is 6.07 Å². The van der Waals surface area contributed by atoms with E-state index in [1.165, 1.54) is 36.4 Å². The normalized spacial score (nSPS) is 17.0. The molecule has 1 saturated heterocycles. The number of benzene rings is 2. The van der Waals surface area contributed by atoms with Crippen molar-refractivity contribution in [2.45, 2.75) is 25.8 Å². The van der Waals surface area contributed by atoms with Crippen LogP contribution in [0.3, 0.4) is 0 Å². The number of rotatable bonds is 6. The lowest BCUT2D eigenvalue weighted by Crippen LogP contribution is -2.40. The van der Waals surface area contributed by atoms with Gasteiger partial charge in [0.25, 0.3) is 11.6 Å². The minimum Gasteiger partial charge on any atom is -0.350 e. The molecule has 0 saturated carbocycles. The minimum atomic E-state index is -0.549. The first-order chi connectivity index (χ1) is 13.0. The van der Waals surface area contributed by atoms with Gasteiger partial charge in [-0.3, -0.25) is 19.8 Å². The van der Waals surface area contributed by atoms with E-state index < -0.39 is 10.7 Å². The van der Waals surface area contributed by atoms with Gasteiger partial charge in [0.15, 0.2) is 0 Å². The maximum absolute atomic E-state index is 13.5. The first-order valence-corrected chi connectivity index (χ1v) is 9.06. The Kier molecular flexibility index (Phi) is 5.81. The molecule has 7 heteroatoms. The fourth-order valence-corrected chi connectivity index (χ4v) is 3.58. The van der Waals surface area contributed by atoms with Crippen LogP contribution in [0, 0.1) is 15.9 Å². The third-order valence-corrected chi connectivity index (χ3v) is 5.00. The lowest BCUT2D eigenvalue weighted by Gasteiger charge is -2.22. The maximum Gasteiger partial charge on any atom is 0.277 e. The molecule has 2 aromatic rings. The van der Waals surface area contributed by atoms with Gasteiger partial charge in [-0.2, -0.15) is 0 Å². The van der Waals surface area contributed by atoms with E-state index in [-0.39, 0.29) is 22.7 Å². The van der Waals surface area contributed by atoms with E-state index in [4.69, 9.17) is 0 Å². The molecule has 6 nitrogen and oxygen atoms in total. The second kappa shape index (κ2) is 8.26. The number of halogens is 1. The van der Waals surface area contributed by atoms with Gasteiger partial charge in [0.1, 0.15) is 5.82 Å². The second-order valence-electron chi connectivity index (χ2n) is 6.63. The number of carbonyl (C=O) groups excluding carboxylic acids is 1. The summed E-state index contributed by atoms with van der Waals surface area (Å²) in [6.45, 7) is 4.58. The Balaban J connectivity index is 1.79. The summed E-state index contributed by atoms with van der Waals surface area (Å²) in [4.78, 5) is 25.7. The molecule has 0 radical (unpaired) electrons. The van der Waals surface area contributed by atoms with Crippen molar-refractivity contribution in [3.63, 3.8) is 0 Å². The van der Waals surface area contributed by atoms with Gasteiger partial charge in [-0.25, -0.2) is 4.39 Å². The summed E-state index contributed by atoms with van der Waals surface area (Å²) >= 11 is 0. The summed E-state index contributed by atoms with van der Waals surface area (Å²) in [7, 11) is 0. The number of hydrogen-bond acceptors (Lipinski definition) is 4. The SMILES string of the molecule is CCN1CCCC1CNC(=O)c1ccc(-c2cccc(F)c2)c([N+](=O)[O-])c1. The zero-order chi connectivity index (χ0) is 19.4. The standard InChI is InChI=1S/C20H22FN3O3/c1-2-23-10-4-7-17(23)13-22-20(25)15-8-9-18(19(12-15)24(26)27)14-5-3-6-16(21)11-14/h3,5-6,8-9,11-12,17H,2,4,7,10,13H2,1H3,(H,22,25). The van der Waals surface area contributed by atoms with Crippen molar-refractivity contribution in [2.24, 2.45) is 0 Å². The number of likely N-dealkylation sites (tertiary alicyclic amines) is 1. The van der Waals surface area contributed by atoms with E-state index in [0.29, 0.717) is 18.2 Å². The van der Waals surface area contributed by atoms with Gasteiger partial charge in [-0.15, -0.1) is 0 Å². The molecule has 1 aliphatic heterocycles. The van der Waals surface area contributed by atoms with Gasteiger partial charge in [0.2, 0.25) is 0 Å². The summed E-state index contributed by atoms with van der Waals surface area (Å²) in [5, 5.41) is 14.4. The third kappa shape index (κ3) is 4.31. The predicted molar refractivity (Wildman–Crippen MR) is 101 cm³/mol. The largest absolute Gasteiger partial charge is 0.350 e. The molecule has 1 fully saturated rings. The van der Waals surface area contributed by atoms with Crippen LogP contribution in [-0.4, -0.2) is 41.4 Å².